The van der Waals surface area contributed by atoms with Gasteiger partial charge in [0.15, 0.2) is 0 Å². The summed E-state index contributed by atoms with van der Waals surface area (Å²) in [4.78, 5) is 0. The molecule has 0 radical (unpaired) electrons. The van der Waals surface area contributed by atoms with E-state index in [-0.39, 0.29) is 6.67 Å². The first kappa shape index (κ1) is 8.77. The lowest BCUT2D eigenvalue weighted by atomic mass is 10.3. The van der Waals surface area contributed by atoms with Gasteiger partial charge in [0.05, 0.1) is 0 Å². The molecule has 1 aromatic rings. The number of alkyl halides is 1. The van der Waals surface area contributed by atoms with E-state index in [0.717, 1.165) is 9.26 Å². The molecule has 3 heteroatoms. The Morgan fingerprint density at radius 2 is 2.27 bits per heavy atom. The quantitative estimate of drug-likeness (QED) is 0.828. The summed E-state index contributed by atoms with van der Waals surface area (Å²) in [5.74, 6) is 0. The standard InChI is InChI=1S/C8H9FIN/c9-4-5-11-8-3-1-2-7(10)6-8/h1-3,6,11H,4-5H2. The van der Waals surface area contributed by atoms with Crippen LogP contribution in [-0.2, 0) is 0 Å². The van der Waals surface area contributed by atoms with E-state index < -0.39 is 0 Å². The summed E-state index contributed by atoms with van der Waals surface area (Å²) in [7, 11) is 0. The second kappa shape index (κ2) is 4.54. The van der Waals surface area contributed by atoms with Crippen LogP contribution in [0.15, 0.2) is 24.3 Å². The summed E-state index contributed by atoms with van der Waals surface area (Å²) in [6, 6.07) is 7.86. The van der Waals surface area contributed by atoms with Gasteiger partial charge < -0.3 is 5.32 Å². The first-order chi connectivity index (χ1) is 5.33. The molecule has 0 heterocycles. The number of halogens is 2. The molecule has 0 aromatic heterocycles. The van der Waals surface area contributed by atoms with Gasteiger partial charge in [-0.15, -0.1) is 0 Å². The molecule has 0 bridgehead atoms. The van der Waals surface area contributed by atoms with E-state index in [1.165, 1.54) is 0 Å². The van der Waals surface area contributed by atoms with E-state index in [1.807, 2.05) is 24.3 Å². The highest BCUT2D eigenvalue weighted by molar-refractivity contribution is 14.1. The summed E-state index contributed by atoms with van der Waals surface area (Å²) < 4.78 is 12.9. The molecule has 0 atom stereocenters. The first-order valence-electron chi connectivity index (χ1n) is 3.38. The summed E-state index contributed by atoms with van der Waals surface area (Å²) >= 11 is 2.22. The fourth-order valence-electron chi connectivity index (χ4n) is 0.790. The Labute approximate surface area is 79.1 Å². The van der Waals surface area contributed by atoms with Crippen molar-refractivity contribution in [3.63, 3.8) is 0 Å². The SMILES string of the molecule is FCCNc1cccc(I)c1. The van der Waals surface area contributed by atoms with Crippen molar-refractivity contribution < 1.29 is 4.39 Å². The van der Waals surface area contributed by atoms with E-state index in [2.05, 4.69) is 27.9 Å². The number of benzene rings is 1. The summed E-state index contributed by atoms with van der Waals surface area (Å²) in [5.41, 5.74) is 0.981. The molecule has 0 amide bonds. The molecule has 1 rings (SSSR count). The Morgan fingerprint density at radius 1 is 1.45 bits per heavy atom. The van der Waals surface area contributed by atoms with Crippen LogP contribution < -0.4 is 5.32 Å². The predicted octanol–water partition coefficient (Wildman–Crippen LogP) is 2.67. The zero-order valence-electron chi connectivity index (χ0n) is 5.98. The van der Waals surface area contributed by atoms with Crippen molar-refractivity contribution in [3.05, 3.63) is 27.8 Å². The van der Waals surface area contributed by atoms with E-state index in [1.54, 1.807) is 0 Å². The van der Waals surface area contributed by atoms with Gasteiger partial charge in [0.1, 0.15) is 6.67 Å². The van der Waals surface area contributed by atoms with Crippen molar-refractivity contribution in [1.82, 2.24) is 0 Å². The van der Waals surface area contributed by atoms with Crippen LogP contribution in [0.4, 0.5) is 10.1 Å². The largest absolute Gasteiger partial charge is 0.382 e. The number of nitrogens with one attached hydrogen (secondary N) is 1. The molecule has 1 aromatic carbocycles. The van der Waals surface area contributed by atoms with E-state index >= 15 is 0 Å². The maximum Gasteiger partial charge on any atom is 0.107 e. The fourth-order valence-corrected chi connectivity index (χ4v) is 1.33. The van der Waals surface area contributed by atoms with Gasteiger partial charge in [0.25, 0.3) is 0 Å². The molecule has 0 aliphatic carbocycles. The van der Waals surface area contributed by atoms with Crippen LogP contribution in [-0.4, -0.2) is 13.2 Å². The highest BCUT2D eigenvalue weighted by atomic mass is 127. The van der Waals surface area contributed by atoms with E-state index in [9.17, 15) is 4.39 Å². The van der Waals surface area contributed by atoms with Crippen molar-refractivity contribution in [2.45, 2.75) is 0 Å². The van der Waals surface area contributed by atoms with Crippen molar-refractivity contribution >= 4 is 28.3 Å². The molecular weight excluding hydrogens is 256 g/mol. The third-order valence-electron chi connectivity index (χ3n) is 1.25. The number of anilines is 1. The summed E-state index contributed by atoms with van der Waals surface area (Å²) in [5, 5.41) is 2.96. The van der Waals surface area contributed by atoms with Crippen molar-refractivity contribution in [2.75, 3.05) is 18.5 Å². The van der Waals surface area contributed by atoms with Gasteiger partial charge in [-0.2, -0.15) is 0 Å². The highest BCUT2D eigenvalue weighted by Gasteiger charge is 1.90. The minimum Gasteiger partial charge on any atom is -0.382 e. The number of hydrogen-bond acceptors (Lipinski definition) is 1. The minimum atomic E-state index is -0.328. The Balaban J connectivity index is 2.56. The lowest BCUT2D eigenvalue weighted by molar-refractivity contribution is 0.513. The van der Waals surface area contributed by atoms with E-state index in [0.29, 0.717) is 6.54 Å². The molecule has 0 aliphatic rings. The van der Waals surface area contributed by atoms with Gasteiger partial charge in [-0.05, 0) is 40.8 Å². The molecule has 60 valence electrons. The fraction of sp³-hybridized carbons (Fsp3) is 0.250. The van der Waals surface area contributed by atoms with Crippen molar-refractivity contribution in [2.24, 2.45) is 0 Å². The van der Waals surface area contributed by atoms with Crippen LogP contribution in [0, 0.1) is 3.57 Å². The Morgan fingerprint density at radius 3 is 2.91 bits per heavy atom. The number of rotatable bonds is 3. The third-order valence-corrected chi connectivity index (χ3v) is 1.92. The smallest absolute Gasteiger partial charge is 0.107 e. The Bertz CT molecular complexity index is 227. The van der Waals surface area contributed by atoms with Gasteiger partial charge in [0, 0.05) is 15.8 Å². The van der Waals surface area contributed by atoms with E-state index in [4.69, 9.17) is 0 Å². The third kappa shape index (κ3) is 3.05. The van der Waals surface area contributed by atoms with Crippen molar-refractivity contribution in [3.8, 4) is 0 Å². The molecule has 0 fully saturated rings. The van der Waals surface area contributed by atoms with Gasteiger partial charge in [0.2, 0.25) is 0 Å². The average Bonchev–Trinajstić information content (AvgIpc) is 2.01. The lowest BCUT2D eigenvalue weighted by Crippen LogP contribution is -2.02. The van der Waals surface area contributed by atoms with Gasteiger partial charge >= 0.3 is 0 Å². The minimum absolute atomic E-state index is 0.328. The maximum absolute atomic E-state index is 11.7. The number of hydrogen-bond donors (Lipinski definition) is 1. The van der Waals surface area contributed by atoms with Crippen LogP contribution in [0.1, 0.15) is 0 Å². The van der Waals surface area contributed by atoms with Crippen LogP contribution >= 0.6 is 22.6 Å². The zero-order valence-corrected chi connectivity index (χ0v) is 8.14. The molecule has 0 unspecified atom stereocenters. The maximum atomic E-state index is 11.7. The molecule has 0 aliphatic heterocycles. The monoisotopic (exact) mass is 265 g/mol. The molecule has 0 saturated carbocycles. The van der Waals surface area contributed by atoms with Gasteiger partial charge in [-0.25, -0.2) is 4.39 Å². The summed E-state index contributed by atoms with van der Waals surface area (Å²) in [6.45, 7) is 0.0611. The molecule has 11 heavy (non-hydrogen) atoms. The molecule has 0 spiro atoms. The normalized spacial score (nSPS) is 9.64. The van der Waals surface area contributed by atoms with Gasteiger partial charge in [-0.1, -0.05) is 6.07 Å². The molecule has 0 saturated heterocycles. The van der Waals surface area contributed by atoms with Crippen LogP contribution in [0.5, 0.6) is 0 Å². The van der Waals surface area contributed by atoms with Gasteiger partial charge in [-0.3, -0.25) is 0 Å². The second-order valence-corrected chi connectivity index (χ2v) is 3.37. The average molecular weight is 265 g/mol. The lowest BCUT2D eigenvalue weighted by Gasteiger charge is -2.02. The van der Waals surface area contributed by atoms with Crippen molar-refractivity contribution in [1.29, 1.82) is 0 Å². The second-order valence-electron chi connectivity index (χ2n) is 2.13. The zero-order chi connectivity index (χ0) is 8.10. The molecule has 1 N–H and O–H groups in total. The van der Waals surface area contributed by atoms with Crippen LogP contribution in [0.3, 0.4) is 0 Å². The highest BCUT2D eigenvalue weighted by Crippen LogP contribution is 2.11. The summed E-state index contributed by atoms with van der Waals surface area (Å²) in [6.07, 6.45) is 0. The topological polar surface area (TPSA) is 12.0 Å². The predicted molar refractivity (Wildman–Crippen MR) is 53.6 cm³/mol. The van der Waals surface area contributed by atoms with Crippen LogP contribution in [0.2, 0.25) is 0 Å². The first-order valence-corrected chi connectivity index (χ1v) is 4.46. The van der Waals surface area contributed by atoms with Crippen LogP contribution in [0.25, 0.3) is 0 Å². The Kier molecular flexibility index (Phi) is 3.62. The molecule has 1 nitrogen and oxygen atoms in total. The molecular formula is C8H9FIN. The Hall–Kier alpha value is -0.320.